The molecule has 0 saturated heterocycles. The molecule has 1 aliphatic rings. The standard InChI is InChI=1S/C15H18BrN3O/c1-9(2)19-8-10(7-18-19)14-6-13(17)12-4-3-11(16)5-15(12)20-14/h3-5,7-9,13-14H,6,17H2,1-2H3/t13-,14?/m1/s1. The lowest BCUT2D eigenvalue weighted by Gasteiger charge is -2.30. The van der Waals surface area contributed by atoms with E-state index in [4.69, 9.17) is 10.5 Å². The Labute approximate surface area is 127 Å². The molecule has 2 heterocycles. The number of nitrogens with two attached hydrogens (primary N) is 1. The lowest BCUT2D eigenvalue weighted by Crippen LogP contribution is -2.23. The summed E-state index contributed by atoms with van der Waals surface area (Å²) in [6, 6.07) is 6.35. The maximum absolute atomic E-state index is 6.27. The van der Waals surface area contributed by atoms with E-state index in [0.29, 0.717) is 6.04 Å². The predicted molar refractivity (Wildman–Crippen MR) is 81.7 cm³/mol. The fraction of sp³-hybridized carbons (Fsp3) is 0.400. The van der Waals surface area contributed by atoms with Gasteiger partial charge in [0.15, 0.2) is 0 Å². The van der Waals surface area contributed by atoms with Crippen LogP contribution in [-0.2, 0) is 0 Å². The van der Waals surface area contributed by atoms with Crippen molar-refractivity contribution in [1.29, 1.82) is 0 Å². The molecule has 4 nitrogen and oxygen atoms in total. The molecule has 0 bridgehead atoms. The number of aromatic nitrogens is 2. The Balaban J connectivity index is 1.90. The maximum Gasteiger partial charge on any atom is 0.129 e. The second-order valence-corrected chi connectivity index (χ2v) is 6.39. The van der Waals surface area contributed by atoms with E-state index in [2.05, 4.69) is 34.9 Å². The van der Waals surface area contributed by atoms with Crippen LogP contribution in [0.1, 0.15) is 49.6 Å². The first-order chi connectivity index (χ1) is 9.54. The van der Waals surface area contributed by atoms with Gasteiger partial charge in [-0.1, -0.05) is 22.0 Å². The summed E-state index contributed by atoms with van der Waals surface area (Å²) in [5.41, 5.74) is 8.42. The third kappa shape index (κ3) is 2.47. The van der Waals surface area contributed by atoms with Crippen molar-refractivity contribution in [2.75, 3.05) is 0 Å². The van der Waals surface area contributed by atoms with Crippen molar-refractivity contribution in [3.8, 4) is 5.75 Å². The highest BCUT2D eigenvalue weighted by molar-refractivity contribution is 9.10. The van der Waals surface area contributed by atoms with Gasteiger partial charge in [-0.2, -0.15) is 5.10 Å². The Kier molecular flexibility index (Phi) is 3.56. The van der Waals surface area contributed by atoms with Crippen LogP contribution in [0.2, 0.25) is 0 Å². The van der Waals surface area contributed by atoms with E-state index < -0.39 is 0 Å². The lowest BCUT2D eigenvalue weighted by atomic mass is 9.95. The number of rotatable bonds is 2. The van der Waals surface area contributed by atoms with E-state index in [1.165, 1.54) is 0 Å². The monoisotopic (exact) mass is 335 g/mol. The Bertz CT molecular complexity index is 623. The van der Waals surface area contributed by atoms with E-state index >= 15 is 0 Å². The first-order valence-corrected chi connectivity index (χ1v) is 7.59. The van der Waals surface area contributed by atoms with Crippen LogP contribution in [-0.4, -0.2) is 9.78 Å². The van der Waals surface area contributed by atoms with Gasteiger partial charge in [0.2, 0.25) is 0 Å². The predicted octanol–water partition coefficient (Wildman–Crippen LogP) is 3.75. The van der Waals surface area contributed by atoms with E-state index in [-0.39, 0.29) is 12.1 Å². The molecule has 20 heavy (non-hydrogen) atoms. The van der Waals surface area contributed by atoms with Crippen LogP contribution < -0.4 is 10.5 Å². The number of benzene rings is 1. The molecule has 1 aliphatic heterocycles. The van der Waals surface area contributed by atoms with Gasteiger partial charge in [-0.05, 0) is 26.0 Å². The normalized spacial score (nSPS) is 21.6. The summed E-state index contributed by atoms with van der Waals surface area (Å²) >= 11 is 3.47. The molecule has 0 fully saturated rings. The second-order valence-electron chi connectivity index (χ2n) is 5.48. The number of ether oxygens (including phenoxy) is 1. The Morgan fingerprint density at radius 3 is 2.95 bits per heavy atom. The van der Waals surface area contributed by atoms with E-state index in [0.717, 1.165) is 27.8 Å². The first kappa shape index (κ1) is 13.6. The molecule has 1 unspecified atom stereocenters. The number of hydrogen-bond acceptors (Lipinski definition) is 3. The molecule has 5 heteroatoms. The molecule has 0 amide bonds. The summed E-state index contributed by atoms with van der Waals surface area (Å²) in [6.45, 7) is 4.22. The molecule has 1 aromatic carbocycles. The van der Waals surface area contributed by atoms with Gasteiger partial charge in [0.05, 0.1) is 6.20 Å². The summed E-state index contributed by atoms with van der Waals surface area (Å²) in [5, 5.41) is 4.38. The van der Waals surface area contributed by atoms with Gasteiger partial charge in [-0.15, -0.1) is 0 Å². The van der Waals surface area contributed by atoms with E-state index in [1.54, 1.807) is 0 Å². The Hall–Kier alpha value is -1.33. The smallest absolute Gasteiger partial charge is 0.129 e. The topological polar surface area (TPSA) is 53.1 Å². The van der Waals surface area contributed by atoms with Crippen molar-refractivity contribution < 1.29 is 4.74 Å². The third-order valence-electron chi connectivity index (χ3n) is 3.63. The summed E-state index contributed by atoms with van der Waals surface area (Å²) in [5.74, 6) is 0.862. The van der Waals surface area contributed by atoms with Crippen molar-refractivity contribution in [3.05, 3.63) is 46.2 Å². The highest BCUT2D eigenvalue weighted by Crippen LogP contribution is 2.40. The van der Waals surface area contributed by atoms with Gasteiger partial charge in [0, 0.05) is 40.3 Å². The van der Waals surface area contributed by atoms with Crippen LogP contribution in [0.4, 0.5) is 0 Å². The van der Waals surface area contributed by atoms with Crippen molar-refractivity contribution in [3.63, 3.8) is 0 Å². The molecule has 0 aliphatic carbocycles. The van der Waals surface area contributed by atoms with Crippen LogP contribution in [0.25, 0.3) is 0 Å². The van der Waals surface area contributed by atoms with E-state index in [1.807, 2.05) is 35.3 Å². The van der Waals surface area contributed by atoms with Crippen LogP contribution >= 0.6 is 15.9 Å². The lowest BCUT2D eigenvalue weighted by molar-refractivity contribution is 0.161. The van der Waals surface area contributed by atoms with Crippen molar-refractivity contribution in [2.45, 2.75) is 38.5 Å². The molecular formula is C15H18BrN3O. The zero-order valence-corrected chi connectivity index (χ0v) is 13.2. The van der Waals surface area contributed by atoms with Crippen LogP contribution in [0.5, 0.6) is 5.75 Å². The van der Waals surface area contributed by atoms with Crippen LogP contribution in [0, 0.1) is 0 Å². The molecular weight excluding hydrogens is 318 g/mol. The molecule has 2 atom stereocenters. The minimum absolute atomic E-state index is 0.000694. The van der Waals surface area contributed by atoms with Gasteiger partial charge in [-0.3, -0.25) is 4.68 Å². The fourth-order valence-corrected chi connectivity index (χ4v) is 2.82. The quantitative estimate of drug-likeness (QED) is 0.909. The summed E-state index contributed by atoms with van der Waals surface area (Å²) < 4.78 is 9.05. The molecule has 106 valence electrons. The minimum atomic E-state index is -0.0284. The summed E-state index contributed by atoms with van der Waals surface area (Å²) in [7, 11) is 0. The molecule has 0 radical (unpaired) electrons. The molecule has 3 rings (SSSR count). The second kappa shape index (κ2) is 5.22. The largest absolute Gasteiger partial charge is 0.485 e. The Morgan fingerprint density at radius 2 is 2.25 bits per heavy atom. The van der Waals surface area contributed by atoms with Gasteiger partial charge >= 0.3 is 0 Å². The molecule has 1 aromatic heterocycles. The van der Waals surface area contributed by atoms with Crippen molar-refractivity contribution >= 4 is 15.9 Å². The molecule has 2 aromatic rings. The summed E-state index contributed by atoms with van der Waals surface area (Å²) in [4.78, 5) is 0. The number of fused-ring (bicyclic) bond motifs is 1. The maximum atomic E-state index is 6.27. The average Bonchev–Trinajstić information content (AvgIpc) is 2.87. The van der Waals surface area contributed by atoms with Gasteiger partial charge in [0.1, 0.15) is 11.9 Å². The van der Waals surface area contributed by atoms with Gasteiger partial charge in [-0.25, -0.2) is 0 Å². The average molecular weight is 336 g/mol. The SMILES string of the molecule is CC(C)n1cc(C2C[C@@H](N)c3ccc(Br)cc3O2)cn1. The van der Waals surface area contributed by atoms with Crippen molar-refractivity contribution in [2.24, 2.45) is 5.73 Å². The molecule has 2 N–H and O–H groups in total. The van der Waals surface area contributed by atoms with Crippen LogP contribution in [0.15, 0.2) is 35.1 Å². The number of nitrogens with zero attached hydrogens (tertiary/aromatic N) is 2. The highest BCUT2D eigenvalue weighted by atomic mass is 79.9. The Morgan fingerprint density at radius 1 is 1.45 bits per heavy atom. The third-order valence-corrected chi connectivity index (χ3v) is 4.13. The highest BCUT2D eigenvalue weighted by Gasteiger charge is 2.28. The number of hydrogen-bond donors (Lipinski definition) is 1. The van der Waals surface area contributed by atoms with E-state index in [9.17, 15) is 0 Å². The zero-order chi connectivity index (χ0) is 14.3. The molecule has 0 saturated carbocycles. The van der Waals surface area contributed by atoms with Gasteiger partial charge < -0.3 is 10.5 Å². The van der Waals surface area contributed by atoms with Crippen LogP contribution in [0.3, 0.4) is 0 Å². The molecule has 0 spiro atoms. The summed E-state index contributed by atoms with van der Waals surface area (Å²) in [6.07, 6.45) is 4.67. The number of halogens is 1. The first-order valence-electron chi connectivity index (χ1n) is 6.80. The minimum Gasteiger partial charge on any atom is -0.485 e. The zero-order valence-electron chi connectivity index (χ0n) is 11.6. The van der Waals surface area contributed by atoms with Crippen molar-refractivity contribution in [1.82, 2.24) is 9.78 Å². The fourth-order valence-electron chi connectivity index (χ4n) is 2.48. The van der Waals surface area contributed by atoms with Gasteiger partial charge in [0.25, 0.3) is 0 Å².